The minimum Gasteiger partial charge on any atom is -0.494 e. The number of sulfonamides is 1. The summed E-state index contributed by atoms with van der Waals surface area (Å²) in [4.78, 5) is 44.0. The first-order valence-corrected chi connectivity index (χ1v) is 27.2. The third-order valence-corrected chi connectivity index (χ3v) is 16.3. The van der Waals surface area contributed by atoms with Crippen LogP contribution in [0.15, 0.2) is 90.0 Å². The van der Waals surface area contributed by atoms with Gasteiger partial charge in [-0.1, -0.05) is 47.9 Å². The molecule has 4 heterocycles. The minimum absolute atomic E-state index is 0.0309. The molecular weight excluding hydrogens is 1000 g/mol. The number of aliphatic carboxylic acids is 1. The van der Waals surface area contributed by atoms with Crippen molar-refractivity contribution >= 4 is 73.2 Å². The molecule has 0 aliphatic carbocycles. The number of nitrogens with one attached hydrogen (secondary N) is 2. The van der Waals surface area contributed by atoms with Crippen molar-refractivity contribution in [2.24, 2.45) is 7.05 Å². The monoisotopic (exact) mass is 1060 g/mol. The number of hydrogen-bond acceptors (Lipinski definition) is 15. The van der Waals surface area contributed by atoms with Crippen molar-refractivity contribution in [3.05, 3.63) is 123 Å². The van der Waals surface area contributed by atoms with Gasteiger partial charge in [-0.2, -0.15) is 4.31 Å². The zero-order chi connectivity index (χ0) is 52.5. The molecule has 3 aromatic heterocycles. The number of aryl methyl sites for hydroxylation is 4. The quantitative estimate of drug-likeness (QED) is 0.0513. The largest absolute Gasteiger partial charge is 0.494 e. The van der Waals surface area contributed by atoms with Crippen molar-refractivity contribution in [2.75, 3.05) is 70.2 Å². The molecule has 1 atom stereocenters. The number of fused-ring (bicyclic) bond motifs is 1. The smallest absolute Gasteiger partial charge is 0.304 e. The van der Waals surface area contributed by atoms with Crippen LogP contribution in [0.2, 0.25) is 5.02 Å². The zero-order valence-corrected chi connectivity index (χ0v) is 44.9. The van der Waals surface area contributed by atoms with Gasteiger partial charge in [0.2, 0.25) is 21.9 Å². The molecule has 18 nitrogen and oxygen atoms in total. The molecule has 3 N–H and O–H groups in total. The van der Waals surface area contributed by atoms with Crippen molar-refractivity contribution in [3.63, 3.8) is 0 Å². The number of carbonyl (C=O) groups excluding carboxylic acids is 1. The van der Waals surface area contributed by atoms with E-state index in [1.54, 1.807) is 66.7 Å². The minimum atomic E-state index is -3.88. The Labute approximate surface area is 440 Å². The van der Waals surface area contributed by atoms with Crippen LogP contribution in [0.25, 0.3) is 21.6 Å². The van der Waals surface area contributed by atoms with Crippen molar-refractivity contribution < 1.29 is 32.6 Å². The number of benzene rings is 4. The zero-order valence-electron chi connectivity index (χ0n) is 42.5. The first-order valence-electron chi connectivity index (χ1n) is 24.5. The lowest BCUT2D eigenvalue weighted by Crippen LogP contribution is -2.49. The van der Waals surface area contributed by atoms with Crippen LogP contribution in [0.5, 0.6) is 11.5 Å². The molecule has 1 amide bonds. The van der Waals surface area contributed by atoms with Gasteiger partial charge in [0, 0.05) is 70.7 Å². The van der Waals surface area contributed by atoms with Gasteiger partial charge in [-0.15, -0.1) is 16.4 Å². The van der Waals surface area contributed by atoms with E-state index in [-0.39, 0.29) is 23.8 Å². The molecule has 7 aromatic rings. The Bertz CT molecular complexity index is 3200. The number of hydrogen-bond donors (Lipinski definition) is 3. The summed E-state index contributed by atoms with van der Waals surface area (Å²) in [7, 11) is 0.953. The van der Waals surface area contributed by atoms with Crippen molar-refractivity contribution in [1.82, 2.24) is 44.5 Å². The number of ether oxygens (including phenoxy) is 2. The highest BCUT2D eigenvalue weighted by Crippen LogP contribution is 2.37. The Morgan fingerprint density at radius 1 is 0.919 bits per heavy atom. The lowest BCUT2D eigenvalue weighted by molar-refractivity contribution is -0.137. The van der Waals surface area contributed by atoms with Gasteiger partial charge < -0.3 is 30.1 Å². The number of carbonyl (C=O) groups is 2. The molecule has 4 aromatic carbocycles. The van der Waals surface area contributed by atoms with Gasteiger partial charge in [0.1, 0.15) is 28.2 Å². The molecule has 1 unspecified atom stereocenters. The van der Waals surface area contributed by atoms with Crippen LogP contribution in [0, 0.1) is 20.8 Å². The Hall–Kier alpha value is -6.71. The van der Waals surface area contributed by atoms with E-state index >= 15 is 0 Å². The molecule has 1 fully saturated rings. The van der Waals surface area contributed by atoms with Gasteiger partial charge in [-0.25, -0.2) is 28.1 Å². The van der Waals surface area contributed by atoms with Gasteiger partial charge in [0.05, 0.1) is 58.4 Å². The molecule has 74 heavy (non-hydrogen) atoms. The van der Waals surface area contributed by atoms with Crippen molar-refractivity contribution in [2.45, 2.75) is 70.2 Å². The fourth-order valence-electron chi connectivity index (χ4n) is 9.07. The maximum Gasteiger partial charge on any atom is 0.304 e. The topological polar surface area (TPSA) is 210 Å². The van der Waals surface area contributed by atoms with Gasteiger partial charge in [0.15, 0.2) is 0 Å². The summed E-state index contributed by atoms with van der Waals surface area (Å²) in [6, 6.07) is 23.9. The Kier molecular flexibility index (Phi) is 17.4. The number of amides is 1. The number of unbranched alkanes of at least 4 members (excludes halogenated alkanes) is 3. The molecule has 1 aliphatic heterocycles. The Morgan fingerprint density at radius 2 is 1.66 bits per heavy atom. The number of methoxy groups -OCH3 is 1. The van der Waals surface area contributed by atoms with E-state index < -0.39 is 21.9 Å². The van der Waals surface area contributed by atoms with Gasteiger partial charge in [-0.05, 0) is 117 Å². The normalized spacial score (nSPS) is 13.6. The van der Waals surface area contributed by atoms with Crippen LogP contribution < -0.4 is 25.0 Å². The predicted molar refractivity (Wildman–Crippen MR) is 288 cm³/mol. The van der Waals surface area contributed by atoms with E-state index in [4.69, 9.17) is 21.1 Å². The van der Waals surface area contributed by atoms with Crippen LogP contribution in [-0.4, -0.2) is 125 Å². The second-order valence-corrected chi connectivity index (χ2v) is 22.1. The number of nitrogens with zero attached hydrogens (tertiary/aromatic N) is 9. The van der Waals surface area contributed by atoms with Crippen LogP contribution >= 0.6 is 22.9 Å². The number of anilines is 3. The summed E-state index contributed by atoms with van der Waals surface area (Å²) < 4.78 is 42.0. The molecule has 0 spiro atoms. The first kappa shape index (κ1) is 53.6. The maximum absolute atomic E-state index is 13.8. The molecule has 0 saturated carbocycles. The number of rotatable bonds is 23. The predicted octanol–water partition coefficient (Wildman–Crippen LogP) is 8.52. The van der Waals surface area contributed by atoms with Crippen LogP contribution in [0.1, 0.15) is 71.0 Å². The second-order valence-electron chi connectivity index (χ2n) is 18.5. The number of carboxylic acid groups (broad SMARTS) is 1. The fraction of sp³-hybridized carbons (Fsp3) is 0.377. The summed E-state index contributed by atoms with van der Waals surface area (Å²) in [5.74, 6) is 0.0586. The molecule has 1 aliphatic rings. The first-order chi connectivity index (χ1) is 35.6. The van der Waals surface area contributed by atoms with Gasteiger partial charge in [-0.3, -0.25) is 14.5 Å². The highest BCUT2D eigenvalue weighted by molar-refractivity contribution is 7.89. The van der Waals surface area contributed by atoms with Crippen molar-refractivity contribution in [3.8, 4) is 22.1 Å². The average Bonchev–Trinajstić information content (AvgIpc) is 3.94. The molecule has 8 rings (SSSR count). The summed E-state index contributed by atoms with van der Waals surface area (Å²) in [5, 5.41) is 26.0. The number of piperazine rings is 1. The SMILES string of the molecule is COc1cc(C(CC(=O)O)c2ccc(C)c(CN(C)S(=O)(=O)c3ccc(OCCCCCCNC(=O)CN4CCN(c5ccc(Nc6ncc(Cl)c(-c7sc(C)nc7C)n6)cc5)CC4)cc3)c2)cc2nnn(C)c12. The highest BCUT2D eigenvalue weighted by atomic mass is 35.5. The van der Waals surface area contributed by atoms with Crippen LogP contribution in [-0.2, 0) is 33.2 Å². The molecule has 1 saturated heterocycles. The van der Waals surface area contributed by atoms with Crippen molar-refractivity contribution in [1.29, 1.82) is 0 Å². The van der Waals surface area contributed by atoms with E-state index in [0.717, 1.165) is 95.5 Å². The van der Waals surface area contributed by atoms with E-state index in [0.29, 0.717) is 64.5 Å². The standard InChI is InChI=1S/C53H62ClN11O7S2/c1-34-11-12-37(44(30-49(67)68)38-28-46-51(47(29-38)71-6)63(5)61-60-46)27-39(34)32-62(4)74(69,70)43-19-17-42(18-20-43)72-26-10-8-7-9-21-55-48(66)33-64-22-24-65(25-23-64)41-15-13-40(14-16-41)58-53-56-31-45(54)50(59-53)52-35(2)57-36(3)73-52/h11-20,27-29,31,44H,7-10,21-26,30,32-33H2,1-6H3,(H,55,66)(H,67,68)(H,56,58,59). The number of halogens is 1. The van der Waals surface area contributed by atoms with E-state index in [1.165, 1.54) is 11.4 Å². The highest BCUT2D eigenvalue weighted by Gasteiger charge is 2.26. The molecule has 21 heteroatoms. The Morgan fingerprint density at radius 3 is 2.36 bits per heavy atom. The summed E-state index contributed by atoms with van der Waals surface area (Å²) in [6.07, 6.45) is 4.97. The second kappa shape index (κ2) is 24.1. The number of carboxylic acids is 1. The summed E-state index contributed by atoms with van der Waals surface area (Å²) >= 11 is 8.01. The lowest BCUT2D eigenvalue weighted by atomic mass is 9.86. The van der Waals surface area contributed by atoms with E-state index in [9.17, 15) is 23.1 Å². The van der Waals surface area contributed by atoms with Gasteiger partial charge in [0.25, 0.3) is 0 Å². The fourth-order valence-corrected chi connectivity index (χ4v) is 11.4. The van der Waals surface area contributed by atoms with Gasteiger partial charge >= 0.3 is 5.97 Å². The average molecular weight is 1060 g/mol. The molecular formula is C53H62ClN11O7S2. The van der Waals surface area contributed by atoms with E-state index in [2.05, 4.69) is 57.8 Å². The molecule has 390 valence electrons. The maximum atomic E-state index is 13.8. The number of thiazole rings is 1. The summed E-state index contributed by atoms with van der Waals surface area (Å²) in [5.41, 5.74) is 7.85. The lowest BCUT2D eigenvalue weighted by Gasteiger charge is -2.35. The Balaban J connectivity index is 0.718. The molecule has 0 radical (unpaired) electrons. The van der Waals surface area contributed by atoms with Crippen LogP contribution in [0.4, 0.5) is 17.3 Å². The van der Waals surface area contributed by atoms with E-state index in [1.807, 2.05) is 57.2 Å². The third kappa shape index (κ3) is 13.1. The number of aromatic nitrogens is 6. The third-order valence-electron chi connectivity index (χ3n) is 13.1. The molecule has 0 bridgehead atoms. The van der Waals surface area contributed by atoms with Crippen LogP contribution in [0.3, 0.4) is 0 Å². The summed E-state index contributed by atoms with van der Waals surface area (Å²) in [6.45, 7) is 10.6.